The summed E-state index contributed by atoms with van der Waals surface area (Å²) in [4.78, 5) is 17.0. The molecular formula is C22H25ClN4O2. The van der Waals surface area contributed by atoms with E-state index in [1.165, 1.54) is 5.69 Å². The Kier molecular flexibility index (Phi) is 6.32. The van der Waals surface area contributed by atoms with Crippen LogP contribution in [0.4, 0.5) is 5.69 Å². The molecule has 3 aromatic rings. The van der Waals surface area contributed by atoms with E-state index in [0.29, 0.717) is 17.8 Å². The summed E-state index contributed by atoms with van der Waals surface area (Å²) in [5, 5.41) is 8.69. The van der Waals surface area contributed by atoms with Crippen LogP contribution in [0.15, 0.2) is 53.1 Å². The first-order valence-electron chi connectivity index (χ1n) is 10.0. The van der Waals surface area contributed by atoms with Gasteiger partial charge in [0.05, 0.1) is 6.42 Å². The monoisotopic (exact) mass is 412 g/mol. The average Bonchev–Trinajstić information content (AvgIpc) is 3.14. The van der Waals surface area contributed by atoms with Crippen molar-refractivity contribution < 1.29 is 9.32 Å². The number of anilines is 1. The van der Waals surface area contributed by atoms with E-state index in [1.54, 1.807) is 0 Å². The molecule has 152 valence electrons. The summed E-state index contributed by atoms with van der Waals surface area (Å²) in [6, 6.07) is 15.6. The summed E-state index contributed by atoms with van der Waals surface area (Å²) in [7, 11) is 0. The number of para-hydroxylation sites is 1. The summed E-state index contributed by atoms with van der Waals surface area (Å²) >= 11 is 6.10. The van der Waals surface area contributed by atoms with Gasteiger partial charge in [0.2, 0.25) is 5.91 Å². The lowest BCUT2D eigenvalue weighted by Gasteiger charge is -2.36. The van der Waals surface area contributed by atoms with Crippen LogP contribution in [0.2, 0.25) is 5.02 Å². The number of nitrogens with zero attached hydrogens (tertiary/aromatic N) is 3. The number of halogens is 1. The van der Waals surface area contributed by atoms with Crippen LogP contribution in [0.25, 0.3) is 11.0 Å². The van der Waals surface area contributed by atoms with Crippen molar-refractivity contribution in [3.63, 3.8) is 0 Å². The third kappa shape index (κ3) is 5.08. The van der Waals surface area contributed by atoms with E-state index in [0.717, 1.165) is 49.6 Å². The van der Waals surface area contributed by atoms with E-state index in [1.807, 2.05) is 42.5 Å². The molecule has 0 saturated carbocycles. The first kappa shape index (κ1) is 19.7. The first-order chi connectivity index (χ1) is 14.2. The van der Waals surface area contributed by atoms with Gasteiger partial charge < -0.3 is 14.7 Å². The number of hydrogen-bond donors (Lipinski definition) is 1. The highest BCUT2D eigenvalue weighted by atomic mass is 35.5. The van der Waals surface area contributed by atoms with Gasteiger partial charge in [0.25, 0.3) is 0 Å². The number of aromatic nitrogens is 1. The fourth-order valence-corrected chi connectivity index (χ4v) is 3.90. The molecule has 0 bridgehead atoms. The van der Waals surface area contributed by atoms with Gasteiger partial charge >= 0.3 is 0 Å². The Morgan fingerprint density at radius 3 is 2.76 bits per heavy atom. The number of rotatable bonds is 7. The average molecular weight is 413 g/mol. The lowest BCUT2D eigenvalue weighted by Crippen LogP contribution is -2.47. The fraction of sp³-hybridized carbons (Fsp3) is 0.364. The molecule has 1 fully saturated rings. The molecule has 0 radical (unpaired) electrons. The minimum atomic E-state index is -0.0187. The molecule has 0 spiro atoms. The van der Waals surface area contributed by atoms with E-state index in [2.05, 4.69) is 26.3 Å². The molecule has 1 N–H and O–H groups in total. The van der Waals surface area contributed by atoms with Gasteiger partial charge in [-0.15, -0.1) is 0 Å². The van der Waals surface area contributed by atoms with Crippen LogP contribution < -0.4 is 10.2 Å². The Labute approximate surface area is 175 Å². The zero-order chi connectivity index (χ0) is 20.1. The summed E-state index contributed by atoms with van der Waals surface area (Å²) in [6.07, 6.45) is 1.18. The van der Waals surface area contributed by atoms with Crippen LogP contribution in [0.5, 0.6) is 0 Å². The summed E-state index contributed by atoms with van der Waals surface area (Å²) in [5.41, 5.74) is 2.59. The summed E-state index contributed by atoms with van der Waals surface area (Å²) in [6.45, 7) is 5.67. The van der Waals surface area contributed by atoms with Gasteiger partial charge in [-0.25, -0.2) is 0 Å². The largest absolute Gasteiger partial charge is 0.369 e. The molecule has 29 heavy (non-hydrogen) atoms. The number of amides is 1. The van der Waals surface area contributed by atoms with Gasteiger partial charge in [-0.05, 0) is 43.3 Å². The zero-order valence-corrected chi connectivity index (χ0v) is 17.1. The zero-order valence-electron chi connectivity index (χ0n) is 16.3. The Morgan fingerprint density at radius 1 is 1.10 bits per heavy atom. The van der Waals surface area contributed by atoms with Crippen LogP contribution in [0.1, 0.15) is 12.1 Å². The molecule has 0 unspecified atom stereocenters. The van der Waals surface area contributed by atoms with Crippen molar-refractivity contribution in [3.8, 4) is 0 Å². The number of nitrogens with one attached hydrogen (secondary N) is 1. The molecule has 1 aromatic heterocycles. The molecule has 0 aliphatic carbocycles. The molecule has 0 atom stereocenters. The van der Waals surface area contributed by atoms with E-state index in [-0.39, 0.29) is 12.3 Å². The van der Waals surface area contributed by atoms with Crippen LogP contribution in [-0.2, 0) is 11.2 Å². The Bertz CT molecular complexity index is 966. The summed E-state index contributed by atoms with van der Waals surface area (Å²) < 4.78 is 5.25. The van der Waals surface area contributed by atoms with Gasteiger partial charge in [-0.2, -0.15) is 0 Å². The highest BCUT2D eigenvalue weighted by molar-refractivity contribution is 6.30. The third-order valence-electron chi connectivity index (χ3n) is 5.30. The molecule has 1 amide bonds. The molecular weight excluding hydrogens is 388 g/mol. The van der Waals surface area contributed by atoms with Crippen molar-refractivity contribution in [2.75, 3.05) is 44.2 Å². The van der Waals surface area contributed by atoms with E-state index < -0.39 is 0 Å². The van der Waals surface area contributed by atoms with Crippen LogP contribution in [0.3, 0.4) is 0 Å². The van der Waals surface area contributed by atoms with Crippen LogP contribution >= 0.6 is 11.6 Å². The normalized spacial score (nSPS) is 15.0. The number of carbonyl (C=O) groups excluding carboxylic acids is 1. The molecule has 2 heterocycles. The van der Waals surface area contributed by atoms with Crippen LogP contribution in [0, 0.1) is 0 Å². The van der Waals surface area contributed by atoms with Crippen molar-refractivity contribution in [1.82, 2.24) is 15.4 Å². The second-order valence-electron chi connectivity index (χ2n) is 7.31. The maximum atomic E-state index is 12.2. The second-order valence-corrected chi connectivity index (χ2v) is 7.75. The Hall–Kier alpha value is -2.57. The molecule has 1 aliphatic rings. The van der Waals surface area contributed by atoms with Crippen molar-refractivity contribution in [2.45, 2.75) is 12.8 Å². The Balaban J connectivity index is 1.15. The minimum Gasteiger partial charge on any atom is -0.369 e. The van der Waals surface area contributed by atoms with Crippen molar-refractivity contribution in [2.24, 2.45) is 0 Å². The lowest BCUT2D eigenvalue weighted by molar-refractivity contribution is -0.120. The van der Waals surface area contributed by atoms with Gasteiger partial charge in [0.15, 0.2) is 5.58 Å². The third-order valence-corrected chi connectivity index (χ3v) is 5.53. The quantitative estimate of drug-likeness (QED) is 0.603. The topological polar surface area (TPSA) is 61.6 Å². The van der Waals surface area contributed by atoms with E-state index in [4.69, 9.17) is 16.1 Å². The smallest absolute Gasteiger partial charge is 0.226 e. The molecule has 7 heteroatoms. The predicted molar refractivity (Wildman–Crippen MR) is 115 cm³/mol. The molecule has 2 aromatic carbocycles. The van der Waals surface area contributed by atoms with E-state index in [9.17, 15) is 4.79 Å². The standard InChI is InChI=1S/C22H25ClN4O2/c23-17-5-3-6-18(15-17)27-13-11-26(12-14-27)10-4-9-24-22(28)16-20-19-7-1-2-8-21(19)29-25-20/h1-3,5-8,15H,4,9-14,16H2,(H,24,28). The number of fused-ring (bicyclic) bond motifs is 1. The fourth-order valence-electron chi connectivity index (χ4n) is 3.71. The number of carbonyl (C=O) groups is 1. The number of benzene rings is 2. The first-order valence-corrected chi connectivity index (χ1v) is 10.4. The van der Waals surface area contributed by atoms with Crippen molar-refractivity contribution in [1.29, 1.82) is 0 Å². The molecule has 4 rings (SSSR count). The number of piperazine rings is 1. The lowest BCUT2D eigenvalue weighted by atomic mass is 10.1. The van der Waals surface area contributed by atoms with Crippen molar-refractivity contribution >= 4 is 34.2 Å². The van der Waals surface area contributed by atoms with Gasteiger partial charge in [0.1, 0.15) is 5.69 Å². The molecule has 1 saturated heterocycles. The number of hydrogen-bond acceptors (Lipinski definition) is 5. The van der Waals surface area contributed by atoms with Gasteiger partial charge in [-0.1, -0.05) is 35.0 Å². The minimum absolute atomic E-state index is 0.0187. The van der Waals surface area contributed by atoms with Gasteiger partial charge in [-0.3, -0.25) is 9.69 Å². The van der Waals surface area contributed by atoms with Gasteiger partial charge in [0, 0.05) is 48.8 Å². The highest BCUT2D eigenvalue weighted by Crippen LogP contribution is 2.21. The maximum absolute atomic E-state index is 12.2. The molecule has 1 aliphatic heterocycles. The van der Waals surface area contributed by atoms with Crippen molar-refractivity contribution in [3.05, 3.63) is 59.2 Å². The summed E-state index contributed by atoms with van der Waals surface area (Å²) in [5.74, 6) is -0.0187. The van der Waals surface area contributed by atoms with Crippen LogP contribution in [-0.4, -0.2) is 55.2 Å². The predicted octanol–water partition coefficient (Wildman–Crippen LogP) is 3.35. The molecule has 6 nitrogen and oxygen atoms in total. The SMILES string of the molecule is O=C(Cc1noc2ccccc12)NCCCN1CCN(c2cccc(Cl)c2)CC1. The second kappa shape index (κ2) is 9.29. The maximum Gasteiger partial charge on any atom is 0.226 e. The highest BCUT2D eigenvalue weighted by Gasteiger charge is 2.17. The van der Waals surface area contributed by atoms with E-state index >= 15 is 0 Å². The Morgan fingerprint density at radius 2 is 1.93 bits per heavy atom.